The zero-order valence-electron chi connectivity index (χ0n) is 15.0. The predicted molar refractivity (Wildman–Crippen MR) is 104 cm³/mol. The molecule has 0 N–H and O–H groups in total. The fourth-order valence-corrected chi connectivity index (χ4v) is 3.58. The van der Waals surface area contributed by atoms with E-state index in [1.807, 2.05) is 0 Å². The minimum atomic E-state index is -0.946. The van der Waals surface area contributed by atoms with Gasteiger partial charge in [0.2, 0.25) is 7.58 Å². The minimum absolute atomic E-state index is 0.804. The predicted octanol–water partition coefficient (Wildman–Crippen LogP) is 7.68. The molecule has 0 spiro atoms. The van der Waals surface area contributed by atoms with Crippen LogP contribution < -0.4 is 0 Å². The fourth-order valence-electron chi connectivity index (χ4n) is 2.44. The Bertz CT molecular complexity index is 206. The van der Waals surface area contributed by atoms with E-state index >= 15 is 0 Å². The number of hydrogen-bond acceptors (Lipinski definition) is 3. The molecule has 0 aliphatic heterocycles. The topological polar surface area (TPSA) is 18.5 Å². The van der Waals surface area contributed by atoms with Crippen molar-refractivity contribution in [2.75, 3.05) is 13.2 Å². The summed E-state index contributed by atoms with van der Waals surface area (Å²) >= 11 is 4.39. The van der Waals surface area contributed by atoms with Crippen LogP contribution in [0.5, 0.6) is 0 Å². The molecule has 0 saturated carbocycles. The van der Waals surface area contributed by atoms with Crippen LogP contribution in [-0.2, 0) is 9.05 Å². The molecular formula is C18H39O2PS. The van der Waals surface area contributed by atoms with E-state index in [-0.39, 0.29) is 0 Å². The lowest BCUT2D eigenvalue weighted by atomic mass is 10.1. The summed E-state index contributed by atoms with van der Waals surface area (Å²) in [6.45, 7) is 6.13. The highest BCUT2D eigenvalue weighted by Crippen LogP contribution is 2.43. The molecule has 2 nitrogen and oxygen atoms in total. The van der Waals surface area contributed by atoms with Crippen LogP contribution in [0, 0.1) is 0 Å². The van der Waals surface area contributed by atoms with Crippen molar-refractivity contribution in [3.8, 4) is 0 Å². The molecule has 0 radical (unpaired) electrons. The van der Waals surface area contributed by atoms with E-state index in [9.17, 15) is 0 Å². The summed E-state index contributed by atoms with van der Waals surface area (Å²) in [5, 5.41) is 0. The van der Waals surface area contributed by atoms with Crippen LogP contribution in [0.2, 0.25) is 0 Å². The third-order valence-corrected chi connectivity index (χ3v) is 5.40. The minimum Gasteiger partial charge on any atom is -0.326 e. The molecule has 0 aromatic heterocycles. The van der Waals surface area contributed by atoms with Crippen LogP contribution in [0.3, 0.4) is 0 Å². The van der Waals surface area contributed by atoms with Crippen molar-refractivity contribution in [3.05, 3.63) is 0 Å². The normalized spacial score (nSPS) is 12.7. The van der Waals surface area contributed by atoms with Crippen molar-refractivity contribution in [1.29, 1.82) is 0 Å². The van der Waals surface area contributed by atoms with E-state index in [2.05, 4.69) is 26.1 Å². The van der Waals surface area contributed by atoms with Gasteiger partial charge in [0.15, 0.2) is 0 Å². The molecule has 0 aliphatic rings. The maximum absolute atomic E-state index is 5.64. The van der Waals surface area contributed by atoms with Gasteiger partial charge >= 0.3 is 0 Å². The number of rotatable bonds is 18. The van der Waals surface area contributed by atoms with Gasteiger partial charge in [-0.2, -0.15) is 0 Å². The van der Waals surface area contributed by atoms with Gasteiger partial charge in [0.1, 0.15) is 0 Å². The fraction of sp³-hybridized carbons (Fsp3) is 1.00. The van der Waals surface area contributed by atoms with Crippen LogP contribution in [0.15, 0.2) is 0 Å². The van der Waals surface area contributed by atoms with E-state index in [0.29, 0.717) is 0 Å². The third-order valence-electron chi connectivity index (χ3n) is 3.90. The summed E-state index contributed by atoms with van der Waals surface area (Å²) in [4.78, 5) is 0. The van der Waals surface area contributed by atoms with Gasteiger partial charge in [-0.3, -0.25) is 0 Å². The van der Waals surface area contributed by atoms with Crippen LogP contribution in [0.1, 0.15) is 104 Å². The Morgan fingerprint density at radius 2 is 0.864 bits per heavy atom. The Balaban J connectivity index is 3.11. The van der Waals surface area contributed by atoms with Crippen molar-refractivity contribution in [3.63, 3.8) is 0 Å². The zero-order chi connectivity index (χ0) is 16.3. The molecule has 0 amide bonds. The smallest absolute Gasteiger partial charge is 0.234 e. The number of unbranched alkanes of at least 4 members (excludes halogenated alkanes) is 12. The first-order valence-corrected chi connectivity index (χ1v) is 11.9. The van der Waals surface area contributed by atoms with Gasteiger partial charge < -0.3 is 9.05 Å². The van der Waals surface area contributed by atoms with E-state index in [4.69, 9.17) is 9.05 Å². The van der Waals surface area contributed by atoms with Gasteiger partial charge in [-0.1, -0.05) is 103 Å². The van der Waals surface area contributed by atoms with Gasteiger partial charge in [0, 0.05) is 0 Å². The zero-order valence-corrected chi connectivity index (χ0v) is 16.8. The molecule has 22 heavy (non-hydrogen) atoms. The molecule has 0 heterocycles. The summed E-state index contributed by atoms with van der Waals surface area (Å²) < 4.78 is 11.3. The average molecular weight is 351 g/mol. The van der Waals surface area contributed by atoms with Crippen LogP contribution >= 0.6 is 19.8 Å². The Hall–Kier alpha value is 0.700. The number of thiol groups is 1. The van der Waals surface area contributed by atoms with E-state index in [1.54, 1.807) is 0 Å². The Morgan fingerprint density at radius 1 is 0.545 bits per heavy atom. The first-order valence-electron chi connectivity index (χ1n) is 9.56. The standard InChI is InChI=1S/C18H39O2PS/c1-3-5-7-9-11-12-14-16-18-20-21(22)19-17-15-13-10-8-6-4-2/h22H,3-18H2,1-2H3. The summed E-state index contributed by atoms with van der Waals surface area (Å²) in [5.74, 6) is 0. The molecule has 134 valence electrons. The van der Waals surface area contributed by atoms with Gasteiger partial charge in [-0.15, -0.1) is 0 Å². The monoisotopic (exact) mass is 350 g/mol. The molecule has 0 aromatic carbocycles. The molecule has 0 saturated heterocycles. The highest BCUT2D eigenvalue weighted by Gasteiger charge is 2.03. The van der Waals surface area contributed by atoms with E-state index in [1.165, 1.54) is 77.0 Å². The van der Waals surface area contributed by atoms with E-state index < -0.39 is 7.58 Å². The van der Waals surface area contributed by atoms with Gasteiger partial charge in [0.25, 0.3) is 0 Å². The number of hydrogen-bond donors (Lipinski definition) is 1. The van der Waals surface area contributed by atoms with Gasteiger partial charge in [-0.05, 0) is 12.8 Å². The second-order valence-corrected chi connectivity index (χ2v) is 8.12. The third kappa shape index (κ3) is 18.7. The molecule has 0 fully saturated rings. The molecule has 0 aromatic rings. The molecule has 1 unspecified atom stereocenters. The van der Waals surface area contributed by atoms with Crippen molar-refractivity contribution in [1.82, 2.24) is 0 Å². The maximum atomic E-state index is 5.64. The van der Waals surface area contributed by atoms with Crippen molar-refractivity contribution >= 4 is 19.8 Å². The summed E-state index contributed by atoms with van der Waals surface area (Å²) in [6.07, 6.45) is 18.5. The lowest BCUT2D eigenvalue weighted by Gasteiger charge is -2.11. The molecule has 1 atom stereocenters. The van der Waals surface area contributed by atoms with Crippen molar-refractivity contribution in [2.45, 2.75) is 104 Å². The first kappa shape index (κ1) is 22.7. The second-order valence-electron chi connectivity index (χ2n) is 6.15. The Kier molecular flexibility index (Phi) is 20.4. The van der Waals surface area contributed by atoms with Gasteiger partial charge in [-0.25, -0.2) is 0 Å². The highest BCUT2D eigenvalue weighted by atomic mass is 32.7. The lowest BCUT2D eigenvalue weighted by molar-refractivity contribution is 0.252. The summed E-state index contributed by atoms with van der Waals surface area (Å²) in [5.41, 5.74) is 0. The molecule has 0 aliphatic carbocycles. The molecule has 4 heteroatoms. The molecule has 0 rings (SSSR count). The molecular weight excluding hydrogens is 311 g/mol. The first-order chi connectivity index (χ1) is 10.8. The average Bonchev–Trinajstić information content (AvgIpc) is 2.52. The highest BCUT2D eigenvalue weighted by molar-refractivity contribution is 8.41. The largest absolute Gasteiger partial charge is 0.326 e. The SMILES string of the molecule is CCCCCCCCCCOP(S)OCCCCCCCC. The summed E-state index contributed by atoms with van der Waals surface area (Å²) in [6, 6.07) is 0. The van der Waals surface area contributed by atoms with Crippen LogP contribution in [0.25, 0.3) is 0 Å². The summed E-state index contributed by atoms with van der Waals surface area (Å²) in [7, 11) is -0.946. The Morgan fingerprint density at radius 3 is 1.23 bits per heavy atom. The Labute approximate surface area is 146 Å². The van der Waals surface area contributed by atoms with Crippen LogP contribution in [0.4, 0.5) is 0 Å². The van der Waals surface area contributed by atoms with Crippen molar-refractivity contribution in [2.24, 2.45) is 0 Å². The quantitative estimate of drug-likeness (QED) is 0.155. The van der Waals surface area contributed by atoms with Crippen LogP contribution in [-0.4, -0.2) is 13.2 Å². The lowest BCUT2D eigenvalue weighted by Crippen LogP contribution is -1.93. The van der Waals surface area contributed by atoms with Crippen molar-refractivity contribution < 1.29 is 9.05 Å². The molecule has 0 bridgehead atoms. The van der Waals surface area contributed by atoms with E-state index in [0.717, 1.165) is 26.1 Å². The maximum Gasteiger partial charge on any atom is 0.234 e. The van der Waals surface area contributed by atoms with Gasteiger partial charge in [0.05, 0.1) is 13.2 Å². The second kappa shape index (κ2) is 19.7.